The van der Waals surface area contributed by atoms with E-state index in [0.717, 1.165) is 76.2 Å². The van der Waals surface area contributed by atoms with E-state index < -0.39 is 5.76 Å². The van der Waals surface area contributed by atoms with Crippen LogP contribution in [0.5, 0.6) is 0 Å². The molecular weight excluding hydrogens is 488 g/mol. The Kier molecular flexibility index (Phi) is 8.50. The number of hydrogen-bond donors (Lipinski definition) is 1. The first kappa shape index (κ1) is 26.9. The number of esters is 1. The fourth-order valence-corrected chi connectivity index (χ4v) is 6.26. The van der Waals surface area contributed by atoms with Crippen molar-refractivity contribution in [1.82, 2.24) is 19.7 Å². The topological polar surface area (TPSA) is 108 Å². The summed E-state index contributed by atoms with van der Waals surface area (Å²) < 4.78 is 16.3. The average Bonchev–Trinajstić information content (AvgIpc) is 3.56. The van der Waals surface area contributed by atoms with Gasteiger partial charge >= 0.3 is 11.7 Å². The van der Waals surface area contributed by atoms with E-state index in [1.165, 1.54) is 0 Å². The largest absolute Gasteiger partial charge is 0.463 e. The molecule has 2 aromatic rings. The van der Waals surface area contributed by atoms with Gasteiger partial charge in [0.1, 0.15) is 12.6 Å². The van der Waals surface area contributed by atoms with E-state index in [1.54, 1.807) is 0 Å². The van der Waals surface area contributed by atoms with Crippen molar-refractivity contribution in [2.75, 3.05) is 59.1 Å². The highest BCUT2D eigenvalue weighted by molar-refractivity contribution is 5.80. The minimum Gasteiger partial charge on any atom is -0.463 e. The summed E-state index contributed by atoms with van der Waals surface area (Å²) in [5.74, 6) is -0.589. The molecule has 38 heavy (non-hydrogen) atoms. The molecule has 0 aliphatic carbocycles. The van der Waals surface area contributed by atoms with Gasteiger partial charge < -0.3 is 18.8 Å². The molecular formula is C28H40N4O6. The van der Waals surface area contributed by atoms with Gasteiger partial charge in [0, 0.05) is 44.7 Å². The zero-order valence-corrected chi connectivity index (χ0v) is 22.6. The highest BCUT2D eigenvalue weighted by atomic mass is 16.5. The number of aromatic nitrogens is 1. The quantitative estimate of drug-likeness (QED) is 0.518. The van der Waals surface area contributed by atoms with E-state index >= 15 is 0 Å². The Morgan fingerprint density at radius 2 is 1.87 bits per heavy atom. The lowest BCUT2D eigenvalue weighted by Crippen LogP contribution is -2.51. The third-order valence-corrected chi connectivity index (χ3v) is 8.32. The average molecular weight is 529 g/mol. The number of aromatic amines is 1. The molecule has 208 valence electrons. The number of likely N-dealkylation sites (tertiary alicyclic amines) is 2. The number of hydrogen-bond acceptors (Lipinski definition) is 8. The summed E-state index contributed by atoms with van der Waals surface area (Å²) >= 11 is 0. The molecule has 0 saturated carbocycles. The Labute approximate surface area is 223 Å². The van der Waals surface area contributed by atoms with Crippen molar-refractivity contribution >= 4 is 23.0 Å². The molecule has 0 radical (unpaired) electrons. The van der Waals surface area contributed by atoms with Gasteiger partial charge in [-0.1, -0.05) is 13.0 Å². The number of piperidine rings is 1. The minimum atomic E-state index is -0.464. The fraction of sp³-hybridized carbons (Fsp3) is 0.679. The lowest BCUT2D eigenvalue weighted by molar-refractivity contribution is -0.151. The molecule has 1 amide bonds. The summed E-state index contributed by atoms with van der Waals surface area (Å²) in [5.41, 5.74) is 3.16. The Hall–Kier alpha value is -2.69. The van der Waals surface area contributed by atoms with Crippen LogP contribution in [0.2, 0.25) is 0 Å². The molecule has 0 unspecified atom stereocenters. The second-order valence-corrected chi connectivity index (χ2v) is 11.0. The third kappa shape index (κ3) is 6.13. The second kappa shape index (κ2) is 12.0. The predicted molar refractivity (Wildman–Crippen MR) is 142 cm³/mol. The van der Waals surface area contributed by atoms with Crippen LogP contribution in [0.25, 0.3) is 11.1 Å². The van der Waals surface area contributed by atoms with E-state index in [4.69, 9.17) is 13.9 Å². The molecule has 2 atom stereocenters. The smallest absolute Gasteiger partial charge is 0.417 e. The molecule has 4 heterocycles. The maximum absolute atomic E-state index is 13.3. The summed E-state index contributed by atoms with van der Waals surface area (Å²) in [4.78, 5) is 47.0. The van der Waals surface area contributed by atoms with Crippen molar-refractivity contribution in [3.63, 3.8) is 0 Å². The SMILES string of the molecule is Cc1cc(C[C@@H](C)C(=O)N2CCC(N3CCC[C@@H]3C(=O)OCCN3CCOCC3)CC2)cc2oc(=O)[nH]c12. The van der Waals surface area contributed by atoms with E-state index in [1.807, 2.05) is 30.9 Å². The van der Waals surface area contributed by atoms with Gasteiger partial charge in [0.2, 0.25) is 5.91 Å². The molecule has 10 heteroatoms. The number of morpholine rings is 1. The van der Waals surface area contributed by atoms with E-state index in [-0.39, 0.29) is 23.8 Å². The predicted octanol–water partition coefficient (Wildman–Crippen LogP) is 1.94. The number of H-pyrrole nitrogens is 1. The van der Waals surface area contributed by atoms with Gasteiger partial charge in [-0.05, 0) is 62.8 Å². The number of carbonyl (C=O) groups excluding carboxylic acids is 2. The summed E-state index contributed by atoms with van der Waals surface area (Å²) in [5, 5.41) is 0. The maximum Gasteiger partial charge on any atom is 0.417 e. The van der Waals surface area contributed by atoms with Crippen molar-refractivity contribution in [2.45, 2.75) is 58.0 Å². The number of oxazole rings is 1. The number of nitrogens with zero attached hydrogens (tertiary/aromatic N) is 3. The highest BCUT2D eigenvalue weighted by Gasteiger charge is 2.38. The molecule has 1 aromatic carbocycles. The van der Waals surface area contributed by atoms with Crippen LogP contribution < -0.4 is 5.76 Å². The molecule has 3 fully saturated rings. The van der Waals surface area contributed by atoms with Crippen LogP contribution in [-0.2, 0) is 25.5 Å². The molecule has 5 rings (SSSR count). The lowest BCUT2D eigenvalue weighted by Gasteiger charge is -2.39. The number of amides is 1. The van der Waals surface area contributed by atoms with E-state index in [0.29, 0.717) is 43.3 Å². The van der Waals surface area contributed by atoms with E-state index in [9.17, 15) is 14.4 Å². The van der Waals surface area contributed by atoms with Gasteiger partial charge in [0.15, 0.2) is 5.58 Å². The van der Waals surface area contributed by atoms with Crippen molar-refractivity contribution in [1.29, 1.82) is 0 Å². The van der Waals surface area contributed by atoms with Crippen LogP contribution in [-0.4, -0.2) is 103 Å². The first-order chi connectivity index (χ1) is 18.4. The zero-order chi connectivity index (χ0) is 26.6. The van der Waals surface area contributed by atoms with Crippen LogP contribution >= 0.6 is 0 Å². The molecule has 1 aromatic heterocycles. The first-order valence-corrected chi connectivity index (χ1v) is 14.0. The monoisotopic (exact) mass is 528 g/mol. The first-order valence-electron chi connectivity index (χ1n) is 14.0. The van der Waals surface area contributed by atoms with Crippen LogP contribution in [0.1, 0.15) is 43.7 Å². The molecule has 3 aliphatic heterocycles. The van der Waals surface area contributed by atoms with Crippen molar-refractivity contribution in [3.05, 3.63) is 33.8 Å². The van der Waals surface area contributed by atoms with Crippen LogP contribution in [0.3, 0.4) is 0 Å². The second-order valence-electron chi connectivity index (χ2n) is 11.0. The summed E-state index contributed by atoms with van der Waals surface area (Å²) in [7, 11) is 0. The normalized spacial score (nSPS) is 22.7. The minimum absolute atomic E-state index is 0.103. The Morgan fingerprint density at radius 3 is 2.63 bits per heavy atom. The highest BCUT2D eigenvalue weighted by Crippen LogP contribution is 2.28. The molecule has 3 saturated heterocycles. The van der Waals surface area contributed by atoms with Crippen LogP contribution in [0.4, 0.5) is 0 Å². The van der Waals surface area contributed by atoms with Gasteiger partial charge in [-0.3, -0.25) is 24.4 Å². The Balaban J connectivity index is 1.09. The molecule has 0 spiro atoms. The third-order valence-electron chi connectivity index (χ3n) is 8.32. The molecule has 10 nitrogen and oxygen atoms in total. The summed E-state index contributed by atoms with van der Waals surface area (Å²) in [6.07, 6.45) is 4.18. The molecule has 0 bridgehead atoms. The summed E-state index contributed by atoms with van der Waals surface area (Å²) in [6, 6.07) is 3.99. The number of rotatable bonds is 8. The number of benzene rings is 1. The number of aryl methyl sites for hydroxylation is 1. The zero-order valence-electron chi connectivity index (χ0n) is 22.6. The van der Waals surface area contributed by atoms with Crippen molar-refractivity contribution < 1.29 is 23.5 Å². The standard InChI is InChI=1S/C28H40N4O6/c1-19-16-21(18-24-25(19)29-28(35)38-24)17-20(2)26(33)31-8-5-22(6-9-31)32-7-3-4-23(32)27(34)37-15-12-30-10-13-36-14-11-30/h16,18,20,22-23H,3-15,17H2,1-2H3,(H,29,35)/t20-,23-/m1/s1. The Morgan fingerprint density at radius 1 is 1.11 bits per heavy atom. The Bertz CT molecular complexity index is 1180. The number of nitrogens with one attached hydrogen (secondary N) is 1. The van der Waals surface area contributed by atoms with Crippen LogP contribution in [0.15, 0.2) is 21.3 Å². The van der Waals surface area contributed by atoms with Gasteiger partial charge in [-0.15, -0.1) is 0 Å². The van der Waals surface area contributed by atoms with Gasteiger partial charge in [0.05, 0.1) is 18.7 Å². The summed E-state index contributed by atoms with van der Waals surface area (Å²) in [6.45, 7) is 10.7. The lowest BCUT2D eigenvalue weighted by atomic mass is 9.96. The number of ether oxygens (including phenoxy) is 2. The maximum atomic E-state index is 13.3. The van der Waals surface area contributed by atoms with Gasteiger partial charge in [-0.25, -0.2) is 4.79 Å². The van der Waals surface area contributed by atoms with Crippen molar-refractivity contribution in [3.8, 4) is 0 Å². The molecule has 1 N–H and O–H groups in total. The van der Waals surface area contributed by atoms with Gasteiger partial charge in [-0.2, -0.15) is 0 Å². The number of carbonyl (C=O) groups is 2. The number of fused-ring (bicyclic) bond motifs is 1. The van der Waals surface area contributed by atoms with E-state index in [2.05, 4.69) is 14.8 Å². The van der Waals surface area contributed by atoms with Crippen LogP contribution in [0, 0.1) is 12.8 Å². The van der Waals surface area contributed by atoms with Crippen molar-refractivity contribution in [2.24, 2.45) is 5.92 Å². The van der Waals surface area contributed by atoms with Gasteiger partial charge in [0.25, 0.3) is 0 Å². The molecule has 3 aliphatic rings. The fourth-order valence-electron chi connectivity index (χ4n) is 6.26.